The van der Waals surface area contributed by atoms with Crippen LogP contribution in [0.5, 0.6) is 0 Å². The van der Waals surface area contributed by atoms with Gasteiger partial charge in [-0.1, -0.05) is 38.1 Å². The van der Waals surface area contributed by atoms with Crippen LogP contribution in [-0.4, -0.2) is 25.0 Å². The first-order chi connectivity index (χ1) is 9.76. The Balaban J connectivity index is 2.16. The van der Waals surface area contributed by atoms with Crippen LogP contribution in [0, 0.1) is 5.41 Å². The van der Waals surface area contributed by atoms with E-state index in [-0.39, 0.29) is 25.9 Å². The minimum atomic E-state index is -4.49. The number of hydrogen-bond acceptors (Lipinski definition) is 2. The van der Waals surface area contributed by atoms with Crippen LogP contribution in [0.3, 0.4) is 0 Å². The number of hydrogen-bond donors (Lipinski definition) is 1. The Labute approximate surface area is 122 Å². The quantitative estimate of drug-likeness (QED) is 0.922. The molecule has 1 atom stereocenters. The van der Waals surface area contributed by atoms with E-state index >= 15 is 0 Å². The highest BCUT2D eigenvalue weighted by atomic mass is 19.4. The molecule has 1 unspecified atom stereocenters. The largest absolute Gasteiger partial charge is 0.402 e. The number of rotatable bonds is 4. The van der Waals surface area contributed by atoms with Gasteiger partial charge in [-0.15, -0.1) is 0 Å². The summed E-state index contributed by atoms with van der Waals surface area (Å²) >= 11 is 0. The predicted molar refractivity (Wildman–Crippen MR) is 75.2 cm³/mol. The molecule has 21 heavy (non-hydrogen) atoms. The van der Waals surface area contributed by atoms with E-state index in [9.17, 15) is 18.0 Å². The van der Waals surface area contributed by atoms with Crippen LogP contribution in [0.25, 0.3) is 0 Å². The van der Waals surface area contributed by atoms with Crippen molar-refractivity contribution in [1.29, 1.82) is 0 Å². The van der Waals surface area contributed by atoms with Crippen molar-refractivity contribution in [2.45, 2.75) is 38.8 Å². The molecule has 2 nitrogen and oxygen atoms in total. The summed E-state index contributed by atoms with van der Waals surface area (Å²) in [7, 11) is 0. The first-order valence-corrected chi connectivity index (χ1v) is 7.16. The lowest BCUT2D eigenvalue weighted by Gasteiger charge is -2.29. The SMILES string of the molecule is CC(C)c1ccc(CC(=O)C2(C(F)(F)F)CCNC2)cc1. The highest BCUT2D eigenvalue weighted by Crippen LogP contribution is 2.44. The average molecular weight is 299 g/mol. The van der Waals surface area contributed by atoms with E-state index in [1.807, 2.05) is 26.0 Å². The lowest BCUT2D eigenvalue weighted by Crippen LogP contribution is -2.47. The van der Waals surface area contributed by atoms with Gasteiger partial charge in [-0.2, -0.15) is 13.2 Å². The number of carbonyl (C=O) groups excluding carboxylic acids is 1. The molecule has 1 aliphatic rings. The molecule has 1 saturated heterocycles. The molecule has 1 aliphatic heterocycles. The zero-order chi connectivity index (χ0) is 15.7. The van der Waals surface area contributed by atoms with Gasteiger partial charge in [-0.3, -0.25) is 4.79 Å². The lowest BCUT2D eigenvalue weighted by molar-refractivity contribution is -0.214. The average Bonchev–Trinajstić information content (AvgIpc) is 2.89. The number of benzene rings is 1. The molecule has 0 bridgehead atoms. The molecule has 0 saturated carbocycles. The van der Waals surface area contributed by atoms with Crippen molar-refractivity contribution in [2.75, 3.05) is 13.1 Å². The number of halogens is 3. The van der Waals surface area contributed by atoms with E-state index in [2.05, 4.69) is 5.32 Å². The maximum Gasteiger partial charge on any atom is 0.402 e. The van der Waals surface area contributed by atoms with E-state index in [1.54, 1.807) is 12.1 Å². The molecular weight excluding hydrogens is 279 g/mol. The van der Waals surface area contributed by atoms with Crippen LogP contribution in [0.15, 0.2) is 24.3 Å². The summed E-state index contributed by atoms with van der Waals surface area (Å²) in [6.07, 6.45) is -4.83. The molecule has 1 heterocycles. The Morgan fingerprint density at radius 1 is 1.29 bits per heavy atom. The summed E-state index contributed by atoms with van der Waals surface area (Å²) in [4.78, 5) is 12.2. The Hall–Kier alpha value is -1.36. The molecule has 5 heteroatoms. The fourth-order valence-corrected chi connectivity index (χ4v) is 2.70. The molecule has 2 rings (SSSR count). The topological polar surface area (TPSA) is 29.1 Å². The summed E-state index contributed by atoms with van der Waals surface area (Å²) in [6.45, 7) is 4.02. The van der Waals surface area contributed by atoms with Crippen molar-refractivity contribution in [3.8, 4) is 0 Å². The van der Waals surface area contributed by atoms with Crippen LogP contribution in [0.1, 0.15) is 37.3 Å². The van der Waals surface area contributed by atoms with Crippen molar-refractivity contribution in [3.05, 3.63) is 35.4 Å². The highest BCUT2D eigenvalue weighted by Gasteiger charge is 2.60. The second-order valence-corrected chi connectivity index (χ2v) is 6.00. The summed E-state index contributed by atoms with van der Waals surface area (Å²) in [5.41, 5.74) is -0.469. The van der Waals surface area contributed by atoms with Crippen LogP contribution in [-0.2, 0) is 11.2 Å². The first kappa shape index (κ1) is 16.0. The first-order valence-electron chi connectivity index (χ1n) is 7.16. The Morgan fingerprint density at radius 3 is 2.33 bits per heavy atom. The molecule has 116 valence electrons. The molecule has 1 aromatic rings. The fourth-order valence-electron chi connectivity index (χ4n) is 2.70. The molecule has 0 radical (unpaired) electrons. The van der Waals surface area contributed by atoms with Gasteiger partial charge in [0.2, 0.25) is 0 Å². The third-order valence-electron chi connectivity index (χ3n) is 4.24. The number of Topliss-reactive ketones (excluding diaryl/α,β-unsaturated/α-hetero) is 1. The number of carbonyl (C=O) groups is 1. The smallest absolute Gasteiger partial charge is 0.315 e. The predicted octanol–water partition coefficient (Wildman–Crippen LogP) is 3.46. The lowest BCUT2D eigenvalue weighted by atomic mass is 9.79. The molecule has 0 aliphatic carbocycles. The van der Waals surface area contributed by atoms with Gasteiger partial charge in [0.15, 0.2) is 5.78 Å². The summed E-state index contributed by atoms with van der Waals surface area (Å²) in [5.74, 6) is -0.382. The molecular formula is C16H20F3NO. The zero-order valence-electron chi connectivity index (χ0n) is 12.3. The Kier molecular flexibility index (Phi) is 4.42. The second kappa shape index (κ2) is 5.79. The van der Waals surface area contributed by atoms with E-state index in [0.717, 1.165) is 5.56 Å². The van der Waals surface area contributed by atoms with Gasteiger partial charge in [0.25, 0.3) is 0 Å². The van der Waals surface area contributed by atoms with Crippen molar-refractivity contribution < 1.29 is 18.0 Å². The van der Waals surface area contributed by atoms with E-state index < -0.39 is 17.4 Å². The van der Waals surface area contributed by atoms with Gasteiger partial charge in [-0.25, -0.2) is 0 Å². The minimum Gasteiger partial charge on any atom is -0.315 e. The minimum absolute atomic E-state index is 0.167. The second-order valence-electron chi connectivity index (χ2n) is 6.00. The third-order valence-corrected chi connectivity index (χ3v) is 4.24. The van der Waals surface area contributed by atoms with Crippen LogP contribution >= 0.6 is 0 Å². The van der Waals surface area contributed by atoms with Crippen molar-refractivity contribution >= 4 is 5.78 Å². The zero-order valence-corrected chi connectivity index (χ0v) is 12.3. The third kappa shape index (κ3) is 3.12. The summed E-state index contributed by atoms with van der Waals surface area (Å²) < 4.78 is 39.8. The number of nitrogens with one attached hydrogen (secondary N) is 1. The van der Waals surface area contributed by atoms with Gasteiger partial charge in [0, 0.05) is 13.0 Å². The van der Waals surface area contributed by atoms with Crippen molar-refractivity contribution in [2.24, 2.45) is 5.41 Å². The molecule has 1 aromatic carbocycles. The van der Waals surface area contributed by atoms with E-state index in [0.29, 0.717) is 11.5 Å². The van der Waals surface area contributed by atoms with Crippen LogP contribution < -0.4 is 5.32 Å². The summed E-state index contributed by atoms with van der Waals surface area (Å²) in [5, 5.41) is 2.67. The van der Waals surface area contributed by atoms with Crippen molar-refractivity contribution in [3.63, 3.8) is 0 Å². The van der Waals surface area contributed by atoms with E-state index in [4.69, 9.17) is 0 Å². The monoisotopic (exact) mass is 299 g/mol. The molecule has 0 spiro atoms. The van der Waals surface area contributed by atoms with E-state index in [1.165, 1.54) is 0 Å². The maximum atomic E-state index is 13.3. The number of ketones is 1. The highest BCUT2D eigenvalue weighted by molar-refractivity contribution is 5.88. The Morgan fingerprint density at radius 2 is 1.90 bits per heavy atom. The fraction of sp³-hybridized carbons (Fsp3) is 0.562. The molecule has 1 fully saturated rings. The maximum absolute atomic E-state index is 13.3. The molecule has 0 aromatic heterocycles. The van der Waals surface area contributed by atoms with Gasteiger partial charge in [-0.05, 0) is 30.0 Å². The van der Waals surface area contributed by atoms with Gasteiger partial charge >= 0.3 is 6.18 Å². The Bertz CT molecular complexity index is 499. The van der Waals surface area contributed by atoms with Gasteiger partial charge in [0.1, 0.15) is 5.41 Å². The van der Waals surface area contributed by atoms with Crippen LogP contribution in [0.2, 0.25) is 0 Å². The van der Waals surface area contributed by atoms with Gasteiger partial charge < -0.3 is 5.32 Å². The van der Waals surface area contributed by atoms with Crippen molar-refractivity contribution in [1.82, 2.24) is 5.32 Å². The normalized spacial score (nSPS) is 22.8. The standard InChI is InChI=1S/C16H20F3NO/c1-11(2)13-5-3-12(4-6-13)9-14(21)15(16(17,18)19)7-8-20-10-15/h3-6,11,20H,7-10H2,1-2H3. The molecule has 1 N–H and O–H groups in total. The molecule has 0 amide bonds. The van der Waals surface area contributed by atoms with Gasteiger partial charge in [0.05, 0.1) is 0 Å². The van der Waals surface area contributed by atoms with Crippen LogP contribution in [0.4, 0.5) is 13.2 Å². The summed E-state index contributed by atoms with van der Waals surface area (Å²) in [6, 6.07) is 7.25. The number of alkyl halides is 3.